The minimum atomic E-state index is -0.118. The molecular formula is C14H18N2O2S. The Labute approximate surface area is 116 Å². The Hall–Kier alpha value is -1.46. The van der Waals surface area contributed by atoms with Gasteiger partial charge in [-0.1, -0.05) is 12.1 Å². The first-order valence-electron chi connectivity index (χ1n) is 6.18. The van der Waals surface area contributed by atoms with E-state index in [1.54, 1.807) is 17.8 Å². The molecule has 19 heavy (non-hydrogen) atoms. The molecule has 1 heterocycles. The fraction of sp³-hybridized carbons (Fsp3) is 0.357. The van der Waals surface area contributed by atoms with E-state index in [-0.39, 0.29) is 23.8 Å². The molecule has 0 aliphatic heterocycles. The maximum Gasteiger partial charge on any atom is 0.253 e. The molecule has 0 saturated carbocycles. The molecule has 102 valence electrons. The van der Waals surface area contributed by atoms with Gasteiger partial charge >= 0.3 is 0 Å². The topological polar surface area (TPSA) is 65.1 Å². The first-order chi connectivity index (χ1) is 9.17. The fourth-order valence-electron chi connectivity index (χ4n) is 2.09. The summed E-state index contributed by atoms with van der Waals surface area (Å²) < 4.78 is 0. The summed E-state index contributed by atoms with van der Waals surface area (Å²) in [5.41, 5.74) is 1.48. The number of hydrogen-bond donors (Lipinski definition) is 3. The molecule has 0 aliphatic rings. The quantitative estimate of drug-likeness (QED) is 0.784. The zero-order valence-electron chi connectivity index (χ0n) is 11.0. The molecule has 1 aromatic carbocycles. The molecule has 2 aromatic rings. The number of carbonyl (C=O) groups excluding carboxylic acids is 1. The first-order valence-corrected chi connectivity index (χ1v) is 7.46. The molecule has 0 saturated heterocycles. The SMILES string of the molecule is CS[C@H](CO)[C@@H](C)NC(=O)c1cccc2cc[nH]c12. The van der Waals surface area contributed by atoms with E-state index in [0.29, 0.717) is 5.56 Å². The van der Waals surface area contributed by atoms with Crippen molar-refractivity contribution in [3.63, 3.8) is 0 Å². The predicted octanol–water partition coefficient (Wildman–Crippen LogP) is 2.01. The number of aliphatic hydroxyl groups excluding tert-OH is 1. The van der Waals surface area contributed by atoms with Crippen molar-refractivity contribution in [2.45, 2.75) is 18.2 Å². The molecule has 3 N–H and O–H groups in total. The van der Waals surface area contributed by atoms with Crippen LogP contribution in [0.4, 0.5) is 0 Å². The van der Waals surface area contributed by atoms with E-state index in [2.05, 4.69) is 10.3 Å². The summed E-state index contributed by atoms with van der Waals surface area (Å²) in [5, 5.41) is 13.2. The highest BCUT2D eigenvalue weighted by atomic mass is 32.2. The maximum atomic E-state index is 12.3. The lowest BCUT2D eigenvalue weighted by Gasteiger charge is -2.21. The zero-order chi connectivity index (χ0) is 13.8. The zero-order valence-corrected chi connectivity index (χ0v) is 11.8. The Balaban J connectivity index is 2.18. The van der Waals surface area contributed by atoms with Gasteiger partial charge in [-0.2, -0.15) is 11.8 Å². The van der Waals surface area contributed by atoms with Crippen LogP contribution >= 0.6 is 11.8 Å². The summed E-state index contributed by atoms with van der Waals surface area (Å²) in [5.74, 6) is -0.118. The van der Waals surface area contributed by atoms with Gasteiger partial charge in [-0.05, 0) is 25.3 Å². The van der Waals surface area contributed by atoms with Gasteiger partial charge in [0.2, 0.25) is 0 Å². The number of aromatic nitrogens is 1. The standard InChI is InChI=1S/C14H18N2O2S/c1-9(12(8-17)19-2)16-14(18)11-5-3-4-10-6-7-15-13(10)11/h3-7,9,12,15,17H,8H2,1-2H3,(H,16,18)/t9-,12-/m1/s1. The average Bonchev–Trinajstić information content (AvgIpc) is 2.87. The molecule has 2 atom stereocenters. The second-order valence-corrected chi connectivity index (χ2v) is 5.54. The second kappa shape index (κ2) is 6.12. The Morgan fingerprint density at radius 1 is 1.47 bits per heavy atom. The van der Waals surface area contributed by atoms with Gasteiger partial charge in [0.1, 0.15) is 0 Å². The van der Waals surface area contributed by atoms with Crippen LogP contribution in [0.15, 0.2) is 30.5 Å². The summed E-state index contributed by atoms with van der Waals surface area (Å²) in [4.78, 5) is 15.4. The minimum Gasteiger partial charge on any atom is -0.395 e. The summed E-state index contributed by atoms with van der Waals surface area (Å²) in [6.07, 6.45) is 3.75. The number of aromatic amines is 1. The summed E-state index contributed by atoms with van der Waals surface area (Å²) in [6.45, 7) is 1.96. The van der Waals surface area contributed by atoms with Crippen molar-refractivity contribution in [3.05, 3.63) is 36.0 Å². The molecule has 0 bridgehead atoms. The molecule has 4 nitrogen and oxygen atoms in total. The van der Waals surface area contributed by atoms with Gasteiger partial charge in [0.05, 0.1) is 17.7 Å². The van der Waals surface area contributed by atoms with E-state index in [9.17, 15) is 9.90 Å². The number of hydrogen-bond acceptors (Lipinski definition) is 3. The van der Waals surface area contributed by atoms with E-state index in [1.807, 2.05) is 37.6 Å². The smallest absolute Gasteiger partial charge is 0.253 e. The molecule has 0 unspecified atom stereocenters. The third-order valence-corrected chi connectivity index (χ3v) is 4.39. The highest BCUT2D eigenvalue weighted by molar-refractivity contribution is 7.99. The van der Waals surface area contributed by atoms with E-state index in [1.165, 1.54) is 0 Å². The fourth-order valence-corrected chi connectivity index (χ4v) is 2.71. The van der Waals surface area contributed by atoms with Crippen LogP contribution in [0.2, 0.25) is 0 Å². The summed E-state index contributed by atoms with van der Waals surface area (Å²) in [6, 6.07) is 7.48. The van der Waals surface area contributed by atoms with Crippen LogP contribution in [0.25, 0.3) is 10.9 Å². The van der Waals surface area contributed by atoms with Crippen LogP contribution in [-0.4, -0.2) is 40.2 Å². The Kier molecular flexibility index (Phi) is 4.50. The second-order valence-electron chi connectivity index (χ2n) is 4.47. The molecular weight excluding hydrogens is 260 g/mol. The van der Waals surface area contributed by atoms with Crippen LogP contribution < -0.4 is 5.32 Å². The van der Waals surface area contributed by atoms with Gasteiger partial charge in [0.25, 0.3) is 5.91 Å². The molecule has 1 aromatic heterocycles. The van der Waals surface area contributed by atoms with Crippen molar-refractivity contribution in [2.75, 3.05) is 12.9 Å². The van der Waals surface area contributed by atoms with Crippen molar-refractivity contribution >= 4 is 28.6 Å². The minimum absolute atomic E-state index is 0.00629. The van der Waals surface area contributed by atoms with Gasteiger partial charge in [-0.15, -0.1) is 0 Å². The molecule has 5 heteroatoms. The number of para-hydroxylation sites is 1. The van der Waals surface area contributed by atoms with E-state index in [4.69, 9.17) is 0 Å². The average molecular weight is 278 g/mol. The van der Waals surface area contributed by atoms with E-state index in [0.717, 1.165) is 10.9 Å². The van der Waals surface area contributed by atoms with Crippen molar-refractivity contribution in [2.24, 2.45) is 0 Å². The summed E-state index contributed by atoms with van der Waals surface area (Å²) >= 11 is 1.55. The molecule has 0 fully saturated rings. The highest BCUT2D eigenvalue weighted by Crippen LogP contribution is 2.17. The number of amides is 1. The molecule has 1 amide bonds. The normalized spacial score (nSPS) is 14.3. The number of thioether (sulfide) groups is 1. The van der Waals surface area contributed by atoms with Gasteiger partial charge in [-0.3, -0.25) is 4.79 Å². The monoisotopic (exact) mass is 278 g/mol. The Morgan fingerprint density at radius 2 is 2.26 bits per heavy atom. The van der Waals surface area contributed by atoms with Gasteiger partial charge in [-0.25, -0.2) is 0 Å². The van der Waals surface area contributed by atoms with Crippen molar-refractivity contribution in [1.82, 2.24) is 10.3 Å². The summed E-state index contributed by atoms with van der Waals surface area (Å²) in [7, 11) is 0. The van der Waals surface area contributed by atoms with Crippen LogP contribution in [0.1, 0.15) is 17.3 Å². The molecule has 2 rings (SSSR count). The van der Waals surface area contributed by atoms with Crippen LogP contribution in [0.5, 0.6) is 0 Å². The van der Waals surface area contributed by atoms with Crippen LogP contribution in [0, 0.1) is 0 Å². The largest absolute Gasteiger partial charge is 0.395 e. The number of H-pyrrole nitrogens is 1. The van der Waals surface area contributed by atoms with Gasteiger partial charge in [0, 0.05) is 22.9 Å². The van der Waals surface area contributed by atoms with Crippen molar-refractivity contribution in [1.29, 1.82) is 0 Å². The predicted molar refractivity (Wildman–Crippen MR) is 79.6 cm³/mol. The molecule has 0 radical (unpaired) electrons. The lowest BCUT2D eigenvalue weighted by Crippen LogP contribution is -2.41. The maximum absolute atomic E-state index is 12.3. The number of aliphatic hydroxyl groups is 1. The Bertz CT molecular complexity index is 563. The van der Waals surface area contributed by atoms with E-state index < -0.39 is 0 Å². The third kappa shape index (κ3) is 2.93. The third-order valence-electron chi connectivity index (χ3n) is 3.23. The Morgan fingerprint density at radius 3 is 2.95 bits per heavy atom. The van der Waals surface area contributed by atoms with Crippen LogP contribution in [-0.2, 0) is 0 Å². The number of carbonyl (C=O) groups is 1. The lowest BCUT2D eigenvalue weighted by molar-refractivity contribution is 0.0937. The number of fused-ring (bicyclic) bond motifs is 1. The number of rotatable bonds is 5. The first kappa shape index (κ1) is 14.0. The highest BCUT2D eigenvalue weighted by Gasteiger charge is 2.19. The van der Waals surface area contributed by atoms with Gasteiger partial charge < -0.3 is 15.4 Å². The van der Waals surface area contributed by atoms with Gasteiger partial charge in [0.15, 0.2) is 0 Å². The number of benzene rings is 1. The van der Waals surface area contributed by atoms with E-state index >= 15 is 0 Å². The van der Waals surface area contributed by atoms with Crippen molar-refractivity contribution < 1.29 is 9.90 Å². The lowest BCUT2D eigenvalue weighted by atomic mass is 10.1. The van der Waals surface area contributed by atoms with Crippen molar-refractivity contribution in [3.8, 4) is 0 Å². The van der Waals surface area contributed by atoms with Crippen LogP contribution in [0.3, 0.4) is 0 Å². The molecule has 0 spiro atoms. The molecule has 0 aliphatic carbocycles. The number of nitrogens with one attached hydrogen (secondary N) is 2.